The van der Waals surface area contributed by atoms with Gasteiger partial charge in [0, 0.05) is 5.56 Å². The average molecular weight is 290 g/mol. The van der Waals surface area contributed by atoms with Gasteiger partial charge in [-0.3, -0.25) is 0 Å². The molecule has 2 N–H and O–H groups in total. The fourth-order valence-corrected chi connectivity index (χ4v) is 3.17. The van der Waals surface area contributed by atoms with Crippen LogP contribution in [0, 0.1) is 0 Å². The van der Waals surface area contributed by atoms with Gasteiger partial charge in [0.15, 0.2) is 0 Å². The van der Waals surface area contributed by atoms with Crippen molar-refractivity contribution in [1.29, 1.82) is 0 Å². The summed E-state index contributed by atoms with van der Waals surface area (Å²) in [6, 6.07) is 8.54. The van der Waals surface area contributed by atoms with E-state index in [4.69, 9.17) is 22.9 Å². The van der Waals surface area contributed by atoms with Crippen LogP contribution in [-0.2, 0) is 12.8 Å². The van der Waals surface area contributed by atoms with Gasteiger partial charge in [0.1, 0.15) is 10.00 Å². The minimum atomic E-state index is 0.456. The molecular weight excluding hydrogens is 272 g/mol. The Hall–Kier alpha value is -1.26. The molecule has 0 amide bonds. The molecule has 0 spiro atoms. The van der Waals surface area contributed by atoms with Gasteiger partial charge in [-0.2, -0.15) is 0 Å². The van der Waals surface area contributed by atoms with Gasteiger partial charge in [-0.25, -0.2) is 4.98 Å². The van der Waals surface area contributed by atoms with Crippen molar-refractivity contribution >= 4 is 28.5 Å². The number of aromatic nitrogens is 1. The maximum Gasteiger partial charge on any atom is 0.124 e. The number of aryl methyl sites for hydroxylation is 2. The van der Waals surface area contributed by atoms with Crippen LogP contribution in [0.25, 0.3) is 10.6 Å². The minimum Gasteiger partial charge on any atom is -0.389 e. The summed E-state index contributed by atoms with van der Waals surface area (Å²) in [7, 11) is 0. The van der Waals surface area contributed by atoms with Gasteiger partial charge >= 0.3 is 0 Å². The summed E-state index contributed by atoms with van der Waals surface area (Å²) in [6.07, 6.45) is 3.03. The maximum atomic E-state index is 5.78. The van der Waals surface area contributed by atoms with Gasteiger partial charge in [0.2, 0.25) is 0 Å². The molecule has 100 valence electrons. The number of thiazole rings is 1. The molecular formula is C15H18N2S2. The van der Waals surface area contributed by atoms with Crippen molar-refractivity contribution in [3.8, 4) is 10.6 Å². The molecule has 2 aromatic rings. The monoisotopic (exact) mass is 290 g/mol. The number of hydrogen-bond donors (Lipinski definition) is 1. The smallest absolute Gasteiger partial charge is 0.124 e. The van der Waals surface area contributed by atoms with Crippen LogP contribution in [0.2, 0.25) is 0 Å². The summed E-state index contributed by atoms with van der Waals surface area (Å²) >= 11 is 6.71. The van der Waals surface area contributed by atoms with E-state index in [0.717, 1.165) is 40.4 Å². The molecule has 0 bridgehead atoms. The van der Waals surface area contributed by atoms with Gasteiger partial charge in [-0.05, 0) is 18.4 Å². The second kappa shape index (κ2) is 6.26. The molecule has 0 aliphatic rings. The molecule has 0 aliphatic heterocycles. The first-order valence-electron chi connectivity index (χ1n) is 6.54. The van der Waals surface area contributed by atoms with E-state index >= 15 is 0 Å². The topological polar surface area (TPSA) is 38.9 Å². The molecule has 0 fully saturated rings. The average Bonchev–Trinajstić information content (AvgIpc) is 2.83. The van der Waals surface area contributed by atoms with Gasteiger partial charge in [0.05, 0.1) is 10.6 Å². The van der Waals surface area contributed by atoms with Gasteiger partial charge in [-0.1, -0.05) is 56.8 Å². The van der Waals surface area contributed by atoms with Crippen LogP contribution in [0.3, 0.4) is 0 Å². The van der Waals surface area contributed by atoms with Crippen molar-refractivity contribution in [1.82, 2.24) is 4.98 Å². The number of nitrogens with zero attached hydrogens (tertiary/aromatic N) is 1. The molecule has 1 aromatic carbocycles. The fraction of sp³-hybridized carbons (Fsp3) is 0.333. The van der Waals surface area contributed by atoms with E-state index in [9.17, 15) is 0 Å². The molecule has 4 heteroatoms. The third kappa shape index (κ3) is 3.19. The summed E-state index contributed by atoms with van der Waals surface area (Å²) in [5.74, 6) is 0. The summed E-state index contributed by atoms with van der Waals surface area (Å²) < 4.78 is 0. The van der Waals surface area contributed by atoms with Gasteiger partial charge in [-0.15, -0.1) is 11.3 Å². The second-order valence-corrected chi connectivity index (χ2v) is 5.90. The molecule has 0 aliphatic carbocycles. The zero-order chi connectivity index (χ0) is 13.8. The summed E-state index contributed by atoms with van der Waals surface area (Å²) in [5.41, 5.74) is 9.30. The van der Waals surface area contributed by atoms with E-state index in [1.807, 2.05) is 0 Å². The summed E-state index contributed by atoms with van der Waals surface area (Å²) in [6.45, 7) is 4.29. The molecule has 0 atom stereocenters. The Morgan fingerprint density at radius 1 is 1.26 bits per heavy atom. The van der Waals surface area contributed by atoms with Crippen LogP contribution in [0.4, 0.5) is 0 Å². The van der Waals surface area contributed by atoms with Crippen molar-refractivity contribution in [3.63, 3.8) is 0 Å². The number of rotatable bonds is 5. The van der Waals surface area contributed by atoms with E-state index in [1.165, 1.54) is 5.56 Å². The highest BCUT2D eigenvalue weighted by atomic mass is 32.1. The van der Waals surface area contributed by atoms with Crippen LogP contribution < -0.4 is 5.73 Å². The molecule has 1 aromatic heterocycles. The van der Waals surface area contributed by atoms with Crippen molar-refractivity contribution < 1.29 is 0 Å². The highest BCUT2D eigenvalue weighted by molar-refractivity contribution is 7.81. The first kappa shape index (κ1) is 14.2. The highest BCUT2D eigenvalue weighted by Crippen LogP contribution is 2.29. The number of benzene rings is 1. The standard InChI is InChI=1S/C15H18N2S2/c1-3-5-12-13(14(16)18)19-15(17-12)11-8-6-10(4-2)7-9-11/h6-9H,3-5H2,1-2H3,(H2,16,18). The first-order valence-corrected chi connectivity index (χ1v) is 7.77. The second-order valence-electron chi connectivity index (χ2n) is 4.46. The lowest BCUT2D eigenvalue weighted by molar-refractivity contribution is 0.892. The Bertz CT molecular complexity index is 570. The van der Waals surface area contributed by atoms with E-state index in [-0.39, 0.29) is 0 Å². The summed E-state index contributed by atoms with van der Waals surface area (Å²) in [4.78, 5) is 6.12. The fourth-order valence-electron chi connectivity index (χ4n) is 1.96. The molecule has 0 saturated heterocycles. The van der Waals surface area contributed by atoms with E-state index in [0.29, 0.717) is 4.99 Å². The van der Waals surface area contributed by atoms with Crippen molar-refractivity contribution in [2.75, 3.05) is 0 Å². The zero-order valence-electron chi connectivity index (χ0n) is 11.3. The van der Waals surface area contributed by atoms with Crippen LogP contribution in [-0.4, -0.2) is 9.97 Å². The lowest BCUT2D eigenvalue weighted by atomic mass is 10.1. The lowest BCUT2D eigenvalue weighted by Gasteiger charge is -1.98. The van der Waals surface area contributed by atoms with E-state index in [1.54, 1.807) is 11.3 Å². The van der Waals surface area contributed by atoms with Crippen LogP contribution in [0.1, 0.15) is 36.4 Å². The van der Waals surface area contributed by atoms with Gasteiger partial charge < -0.3 is 5.73 Å². The van der Waals surface area contributed by atoms with Crippen LogP contribution in [0.15, 0.2) is 24.3 Å². The van der Waals surface area contributed by atoms with Gasteiger partial charge in [0.25, 0.3) is 0 Å². The molecule has 1 heterocycles. The molecule has 19 heavy (non-hydrogen) atoms. The highest BCUT2D eigenvalue weighted by Gasteiger charge is 2.13. The zero-order valence-corrected chi connectivity index (χ0v) is 12.9. The molecule has 2 nitrogen and oxygen atoms in total. The Kier molecular flexibility index (Phi) is 4.66. The lowest BCUT2D eigenvalue weighted by Crippen LogP contribution is -2.09. The number of nitrogens with two attached hydrogens (primary N) is 1. The maximum absolute atomic E-state index is 5.78. The molecule has 2 rings (SSSR count). The Morgan fingerprint density at radius 3 is 2.47 bits per heavy atom. The normalized spacial score (nSPS) is 10.6. The number of thiocarbonyl (C=S) groups is 1. The van der Waals surface area contributed by atoms with E-state index < -0.39 is 0 Å². The third-order valence-corrected chi connectivity index (χ3v) is 4.53. The van der Waals surface area contributed by atoms with Crippen molar-refractivity contribution in [2.24, 2.45) is 5.73 Å². The Labute approximate surface area is 123 Å². The quantitative estimate of drug-likeness (QED) is 0.847. The Balaban J connectivity index is 2.38. The predicted octanol–water partition coefficient (Wildman–Crippen LogP) is 3.96. The molecule has 0 radical (unpaired) electrons. The molecule has 0 saturated carbocycles. The SMILES string of the molecule is CCCc1nc(-c2ccc(CC)cc2)sc1C(N)=S. The van der Waals surface area contributed by atoms with Crippen LogP contribution in [0.5, 0.6) is 0 Å². The van der Waals surface area contributed by atoms with Crippen molar-refractivity contribution in [3.05, 3.63) is 40.4 Å². The predicted molar refractivity (Wildman–Crippen MR) is 86.8 cm³/mol. The van der Waals surface area contributed by atoms with Crippen LogP contribution >= 0.6 is 23.6 Å². The number of hydrogen-bond acceptors (Lipinski definition) is 3. The first-order chi connectivity index (χ1) is 9.15. The molecule has 0 unspecified atom stereocenters. The minimum absolute atomic E-state index is 0.456. The van der Waals surface area contributed by atoms with Crippen molar-refractivity contribution in [2.45, 2.75) is 33.1 Å². The summed E-state index contributed by atoms with van der Waals surface area (Å²) in [5, 5.41) is 1.01. The largest absolute Gasteiger partial charge is 0.389 e. The third-order valence-electron chi connectivity index (χ3n) is 3.02. The van der Waals surface area contributed by atoms with E-state index in [2.05, 4.69) is 38.1 Å². The Morgan fingerprint density at radius 2 is 1.95 bits per heavy atom.